The van der Waals surface area contributed by atoms with Gasteiger partial charge >= 0.3 is 5.97 Å². The lowest BCUT2D eigenvalue weighted by atomic mass is 10.1. The van der Waals surface area contributed by atoms with Crippen molar-refractivity contribution in [3.8, 4) is 11.3 Å². The molecule has 0 aliphatic rings. The van der Waals surface area contributed by atoms with E-state index in [1.165, 1.54) is 12.1 Å². The Kier molecular flexibility index (Phi) is 3.76. The SMILES string of the molecule is O=C(O)CNC(=O)c1ccc2[nH]nc(-c3ccc(F)cc3)c2c1. The summed E-state index contributed by atoms with van der Waals surface area (Å²) in [6.45, 7) is -0.451. The minimum absolute atomic E-state index is 0.323. The fourth-order valence-corrected chi connectivity index (χ4v) is 2.24. The molecule has 0 bridgehead atoms. The molecule has 0 radical (unpaired) electrons. The van der Waals surface area contributed by atoms with Gasteiger partial charge in [0, 0.05) is 16.5 Å². The number of fused-ring (bicyclic) bond motifs is 1. The lowest BCUT2D eigenvalue weighted by Crippen LogP contribution is -2.29. The maximum atomic E-state index is 13.0. The number of aromatic amines is 1. The minimum Gasteiger partial charge on any atom is -0.480 e. The molecule has 3 rings (SSSR count). The molecule has 7 heteroatoms. The van der Waals surface area contributed by atoms with Crippen LogP contribution in [0.3, 0.4) is 0 Å². The van der Waals surface area contributed by atoms with Gasteiger partial charge in [-0.25, -0.2) is 4.39 Å². The monoisotopic (exact) mass is 313 g/mol. The molecule has 1 amide bonds. The van der Waals surface area contributed by atoms with E-state index in [9.17, 15) is 14.0 Å². The van der Waals surface area contributed by atoms with Crippen LogP contribution in [0.4, 0.5) is 4.39 Å². The average molecular weight is 313 g/mol. The fourth-order valence-electron chi connectivity index (χ4n) is 2.24. The molecule has 0 spiro atoms. The average Bonchev–Trinajstić information content (AvgIpc) is 2.96. The van der Waals surface area contributed by atoms with E-state index in [-0.39, 0.29) is 5.82 Å². The van der Waals surface area contributed by atoms with Crippen LogP contribution in [0, 0.1) is 5.82 Å². The molecule has 0 atom stereocenters. The first-order chi connectivity index (χ1) is 11.0. The van der Waals surface area contributed by atoms with Crippen LogP contribution in [-0.2, 0) is 4.79 Å². The highest BCUT2D eigenvalue weighted by atomic mass is 19.1. The molecule has 1 heterocycles. The van der Waals surface area contributed by atoms with Gasteiger partial charge in [0.05, 0.1) is 11.2 Å². The van der Waals surface area contributed by atoms with Gasteiger partial charge in [0.15, 0.2) is 0 Å². The first-order valence-corrected chi connectivity index (χ1v) is 6.78. The van der Waals surface area contributed by atoms with Crippen LogP contribution in [0.5, 0.6) is 0 Å². The normalized spacial score (nSPS) is 10.7. The van der Waals surface area contributed by atoms with Gasteiger partial charge in [0.25, 0.3) is 5.91 Å². The largest absolute Gasteiger partial charge is 0.480 e. The molecule has 1 aromatic heterocycles. The lowest BCUT2D eigenvalue weighted by Gasteiger charge is -2.03. The van der Waals surface area contributed by atoms with Gasteiger partial charge in [-0.3, -0.25) is 14.7 Å². The van der Waals surface area contributed by atoms with Gasteiger partial charge in [-0.15, -0.1) is 0 Å². The number of rotatable bonds is 4. The summed E-state index contributed by atoms with van der Waals surface area (Å²) in [6.07, 6.45) is 0. The zero-order valence-corrected chi connectivity index (χ0v) is 11.8. The topological polar surface area (TPSA) is 95.1 Å². The number of aliphatic carboxylic acids is 1. The van der Waals surface area contributed by atoms with Crippen LogP contribution in [-0.4, -0.2) is 33.7 Å². The number of aromatic nitrogens is 2. The summed E-state index contributed by atoms with van der Waals surface area (Å²) in [6, 6.07) is 10.7. The molecule has 0 unspecified atom stereocenters. The van der Waals surface area contributed by atoms with Crippen molar-refractivity contribution in [2.75, 3.05) is 6.54 Å². The van der Waals surface area contributed by atoms with E-state index in [0.717, 1.165) is 5.52 Å². The van der Waals surface area contributed by atoms with E-state index in [0.29, 0.717) is 22.2 Å². The van der Waals surface area contributed by atoms with Crippen LogP contribution in [0.1, 0.15) is 10.4 Å². The maximum absolute atomic E-state index is 13.0. The van der Waals surface area contributed by atoms with Crippen LogP contribution in [0.2, 0.25) is 0 Å². The molecular weight excluding hydrogens is 301 g/mol. The summed E-state index contributed by atoms with van der Waals surface area (Å²) < 4.78 is 13.0. The molecule has 0 saturated heterocycles. The number of halogens is 1. The molecule has 0 saturated carbocycles. The summed E-state index contributed by atoms with van der Waals surface area (Å²) >= 11 is 0. The van der Waals surface area contributed by atoms with Gasteiger partial charge in [-0.1, -0.05) is 0 Å². The predicted octanol–water partition coefficient (Wildman–Crippen LogP) is 2.18. The molecule has 3 aromatic rings. The van der Waals surface area contributed by atoms with Gasteiger partial charge in [0.2, 0.25) is 0 Å². The Morgan fingerprint density at radius 2 is 1.91 bits per heavy atom. The van der Waals surface area contributed by atoms with Crippen molar-refractivity contribution in [3.63, 3.8) is 0 Å². The number of nitrogens with zero attached hydrogens (tertiary/aromatic N) is 1. The van der Waals surface area contributed by atoms with Crippen molar-refractivity contribution in [3.05, 3.63) is 53.8 Å². The van der Waals surface area contributed by atoms with Crippen molar-refractivity contribution < 1.29 is 19.1 Å². The Morgan fingerprint density at radius 1 is 1.17 bits per heavy atom. The summed E-state index contributed by atoms with van der Waals surface area (Å²) in [5, 5.41) is 18.6. The Bertz CT molecular complexity index is 887. The number of hydrogen-bond donors (Lipinski definition) is 3. The Balaban J connectivity index is 1.98. The van der Waals surface area contributed by atoms with E-state index < -0.39 is 18.4 Å². The number of carbonyl (C=O) groups excluding carboxylic acids is 1. The second-order valence-corrected chi connectivity index (χ2v) is 4.92. The molecule has 116 valence electrons. The molecule has 23 heavy (non-hydrogen) atoms. The van der Waals surface area contributed by atoms with Gasteiger partial charge in [-0.2, -0.15) is 5.10 Å². The maximum Gasteiger partial charge on any atom is 0.322 e. The standard InChI is InChI=1S/C16H12FN3O3/c17-11-4-1-9(2-5-11)15-12-7-10(3-6-13(12)19-20-15)16(23)18-8-14(21)22/h1-7H,8H2,(H,18,23)(H,19,20)(H,21,22). The van der Waals surface area contributed by atoms with Crippen LogP contribution >= 0.6 is 0 Å². The molecule has 0 fully saturated rings. The quantitative estimate of drug-likeness (QED) is 0.688. The van der Waals surface area contributed by atoms with Gasteiger partial charge in [-0.05, 0) is 42.5 Å². The third-order valence-corrected chi connectivity index (χ3v) is 3.34. The number of carboxylic acid groups (broad SMARTS) is 1. The molecule has 0 aliphatic carbocycles. The third-order valence-electron chi connectivity index (χ3n) is 3.34. The summed E-state index contributed by atoms with van der Waals surface area (Å²) in [4.78, 5) is 22.5. The second kappa shape index (κ2) is 5.88. The number of hydrogen-bond acceptors (Lipinski definition) is 3. The predicted molar refractivity (Wildman–Crippen MR) is 81.5 cm³/mol. The van der Waals surface area contributed by atoms with Crippen LogP contribution < -0.4 is 5.32 Å². The van der Waals surface area contributed by atoms with E-state index in [4.69, 9.17) is 5.11 Å². The zero-order chi connectivity index (χ0) is 16.4. The van der Waals surface area contributed by atoms with Crippen molar-refractivity contribution in [1.82, 2.24) is 15.5 Å². The van der Waals surface area contributed by atoms with E-state index in [1.807, 2.05) is 0 Å². The van der Waals surface area contributed by atoms with Crippen LogP contribution in [0.15, 0.2) is 42.5 Å². The van der Waals surface area contributed by atoms with Crippen molar-refractivity contribution in [2.24, 2.45) is 0 Å². The summed E-state index contributed by atoms with van der Waals surface area (Å²) in [5.41, 5.74) is 2.34. The molecular formula is C16H12FN3O3. The number of benzene rings is 2. The van der Waals surface area contributed by atoms with E-state index in [2.05, 4.69) is 15.5 Å². The minimum atomic E-state index is -1.12. The Labute approximate surface area is 129 Å². The number of carboxylic acids is 1. The van der Waals surface area contributed by atoms with Crippen LogP contribution in [0.25, 0.3) is 22.2 Å². The molecule has 0 aliphatic heterocycles. The number of amides is 1. The Hall–Kier alpha value is -3.22. The second-order valence-electron chi connectivity index (χ2n) is 4.92. The highest BCUT2D eigenvalue weighted by Crippen LogP contribution is 2.27. The lowest BCUT2D eigenvalue weighted by molar-refractivity contribution is -0.135. The molecule has 3 N–H and O–H groups in total. The van der Waals surface area contributed by atoms with Crippen molar-refractivity contribution >= 4 is 22.8 Å². The van der Waals surface area contributed by atoms with E-state index in [1.54, 1.807) is 30.3 Å². The first-order valence-electron chi connectivity index (χ1n) is 6.78. The molecule has 6 nitrogen and oxygen atoms in total. The van der Waals surface area contributed by atoms with E-state index >= 15 is 0 Å². The number of nitrogens with one attached hydrogen (secondary N) is 2. The summed E-state index contributed by atoms with van der Waals surface area (Å²) in [7, 11) is 0. The zero-order valence-electron chi connectivity index (χ0n) is 11.8. The van der Waals surface area contributed by atoms with Gasteiger partial charge in [0.1, 0.15) is 12.4 Å². The fraction of sp³-hybridized carbons (Fsp3) is 0.0625. The smallest absolute Gasteiger partial charge is 0.322 e. The summed E-state index contributed by atoms with van der Waals surface area (Å²) in [5.74, 6) is -1.95. The number of carbonyl (C=O) groups is 2. The number of H-pyrrole nitrogens is 1. The van der Waals surface area contributed by atoms with Crippen molar-refractivity contribution in [2.45, 2.75) is 0 Å². The van der Waals surface area contributed by atoms with Crippen molar-refractivity contribution in [1.29, 1.82) is 0 Å². The third kappa shape index (κ3) is 3.03. The Morgan fingerprint density at radius 3 is 2.61 bits per heavy atom. The highest BCUT2D eigenvalue weighted by molar-refractivity contribution is 6.02. The first kappa shape index (κ1) is 14.7. The highest BCUT2D eigenvalue weighted by Gasteiger charge is 2.12. The molecule has 2 aromatic carbocycles. The van der Waals surface area contributed by atoms with Gasteiger partial charge < -0.3 is 10.4 Å².